The van der Waals surface area contributed by atoms with E-state index in [2.05, 4.69) is 43.4 Å². The van der Waals surface area contributed by atoms with Crippen molar-refractivity contribution in [1.82, 2.24) is 5.32 Å². The van der Waals surface area contributed by atoms with E-state index in [0.29, 0.717) is 11.6 Å². The van der Waals surface area contributed by atoms with Gasteiger partial charge in [-0.3, -0.25) is 0 Å². The van der Waals surface area contributed by atoms with E-state index in [1.54, 1.807) is 18.2 Å². The molecule has 0 heterocycles. The number of phenolic OH excluding ortho intramolecular Hbond substituents is 1. The van der Waals surface area contributed by atoms with E-state index in [1.165, 1.54) is 11.1 Å². The zero-order valence-electron chi connectivity index (χ0n) is 11.9. The van der Waals surface area contributed by atoms with Crippen LogP contribution in [0.3, 0.4) is 0 Å². The van der Waals surface area contributed by atoms with Gasteiger partial charge < -0.3 is 10.4 Å². The fourth-order valence-electron chi connectivity index (χ4n) is 2.14. The van der Waals surface area contributed by atoms with Crippen molar-refractivity contribution in [2.75, 3.05) is 0 Å². The molecular formula is C17H20ClNO. The van der Waals surface area contributed by atoms with Gasteiger partial charge in [-0.2, -0.15) is 0 Å². The number of halogens is 1. The van der Waals surface area contributed by atoms with Gasteiger partial charge in [-0.1, -0.05) is 48.9 Å². The molecule has 0 aromatic heterocycles. The van der Waals surface area contributed by atoms with E-state index in [0.717, 1.165) is 12.0 Å². The van der Waals surface area contributed by atoms with Crippen LogP contribution < -0.4 is 5.32 Å². The highest BCUT2D eigenvalue weighted by Crippen LogP contribution is 2.25. The van der Waals surface area contributed by atoms with E-state index in [9.17, 15) is 5.11 Å². The highest BCUT2D eigenvalue weighted by Gasteiger charge is 2.09. The van der Waals surface area contributed by atoms with Crippen LogP contribution in [0, 0.1) is 0 Å². The number of nitrogens with one attached hydrogen (secondary N) is 1. The smallest absolute Gasteiger partial charge is 0.121 e. The van der Waals surface area contributed by atoms with Crippen molar-refractivity contribution in [3.05, 3.63) is 64.2 Å². The molecule has 2 rings (SSSR count). The Morgan fingerprint density at radius 1 is 1.15 bits per heavy atom. The van der Waals surface area contributed by atoms with Crippen LogP contribution in [0.5, 0.6) is 5.75 Å². The lowest BCUT2D eigenvalue weighted by molar-refractivity contribution is 0.460. The van der Waals surface area contributed by atoms with Crippen LogP contribution in [0.4, 0.5) is 0 Å². The summed E-state index contributed by atoms with van der Waals surface area (Å²) in [5, 5.41) is 13.8. The molecule has 0 fully saturated rings. The molecule has 0 aliphatic rings. The molecule has 1 unspecified atom stereocenters. The van der Waals surface area contributed by atoms with E-state index in [4.69, 9.17) is 11.6 Å². The molecule has 106 valence electrons. The van der Waals surface area contributed by atoms with E-state index >= 15 is 0 Å². The van der Waals surface area contributed by atoms with Crippen molar-refractivity contribution >= 4 is 11.6 Å². The molecular weight excluding hydrogens is 270 g/mol. The number of aryl methyl sites for hydroxylation is 1. The van der Waals surface area contributed by atoms with Crippen LogP contribution in [0.15, 0.2) is 42.5 Å². The summed E-state index contributed by atoms with van der Waals surface area (Å²) in [5.41, 5.74) is 3.31. The van der Waals surface area contributed by atoms with Crippen LogP contribution in [-0.2, 0) is 13.0 Å². The number of rotatable bonds is 5. The third-order valence-corrected chi connectivity index (χ3v) is 3.92. The first-order valence-corrected chi connectivity index (χ1v) is 7.28. The monoisotopic (exact) mass is 289 g/mol. The molecule has 20 heavy (non-hydrogen) atoms. The van der Waals surface area contributed by atoms with Gasteiger partial charge in [-0.15, -0.1) is 0 Å². The number of phenols is 1. The summed E-state index contributed by atoms with van der Waals surface area (Å²) in [6.45, 7) is 4.80. The standard InChI is InChI=1S/C17H20ClNO/c1-3-13-7-9-14(10-8-13)12(2)19-11-15-16(18)5-4-6-17(15)20/h4-10,12,19-20H,3,11H2,1-2H3. The maximum Gasteiger partial charge on any atom is 0.121 e. The molecule has 1 atom stereocenters. The summed E-state index contributed by atoms with van der Waals surface area (Å²) in [6.07, 6.45) is 1.05. The average Bonchev–Trinajstić information content (AvgIpc) is 2.46. The Morgan fingerprint density at radius 3 is 2.45 bits per heavy atom. The van der Waals surface area contributed by atoms with Gasteiger partial charge in [0.2, 0.25) is 0 Å². The molecule has 2 N–H and O–H groups in total. The third kappa shape index (κ3) is 3.53. The number of benzene rings is 2. The Hall–Kier alpha value is -1.51. The molecule has 0 amide bonds. The van der Waals surface area contributed by atoms with Crippen LogP contribution >= 0.6 is 11.6 Å². The summed E-state index contributed by atoms with van der Waals surface area (Å²) in [4.78, 5) is 0. The minimum Gasteiger partial charge on any atom is -0.508 e. The first-order valence-electron chi connectivity index (χ1n) is 6.90. The zero-order valence-corrected chi connectivity index (χ0v) is 12.6. The molecule has 0 saturated heterocycles. The summed E-state index contributed by atoms with van der Waals surface area (Å²) in [6, 6.07) is 14.0. The van der Waals surface area contributed by atoms with Crippen molar-refractivity contribution in [1.29, 1.82) is 0 Å². The molecule has 2 aromatic carbocycles. The van der Waals surface area contributed by atoms with Gasteiger partial charge >= 0.3 is 0 Å². The van der Waals surface area contributed by atoms with E-state index in [-0.39, 0.29) is 11.8 Å². The lowest BCUT2D eigenvalue weighted by Gasteiger charge is -2.16. The van der Waals surface area contributed by atoms with E-state index < -0.39 is 0 Å². The van der Waals surface area contributed by atoms with E-state index in [1.807, 2.05) is 0 Å². The van der Waals surface area contributed by atoms with Gasteiger partial charge in [0.25, 0.3) is 0 Å². The predicted octanol–water partition coefficient (Wildman–Crippen LogP) is 4.46. The largest absolute Gasteiger partial charge is 0.508 e. The summed E-state index contributed by atoms with van der Waals surface area (Å²) in [7, 11) is 0. The summed E-state index contributed by atoms with van der Waals surface area (Å²) >= 11 is 6.10. The average molecular weight is 290 g/mol. The van der Waals surface area contributed by atoms with Crippen molar-refractivity contribution < 1.29 is 5.11 Å². The molecule has 2 aromatic rings. The van der Waals surface area contributed by atoms with Crippen molar-refractivity contribution in [3.63, 3.8) is 0 Å². The minimum atomic E-state index is 0.205. The first kappa shape index (κ1) is 14.9. The molecule has 0 bridgehead atoms. The lowest BCUT2D eigenvalue weighted by Crippen LogP contribution is -2.18. The third-order valence-electron chi connectivity index (χ3n) is 3.57. The highest BCUT2D eigenvalue weighted by atomic mass is 35.5. The van der Waals surface area contributed by atoms with Crippen LogP contribution in [0.2, 0.25) is 5.02 Å². The summed E-state index contributed by atoms with van der Waals surface area (Å²) < 4.78 is 0. The van der Waals surface area contributed by atoms with Crippen LogP contribution in [0.1, 0.15) is 36.6 Å². The molecule has 0 saturated carbocycles. The van der Waals surface area contributed by atoms with Crippen LogP contribution in [0.25, 0.3) is 0 Å². The fourth-order valence-corrected chi connectivity index (χ4v) is 2.37. The van der Waals surface area contributed by atoms with Crippen molar-refractivity contribution in [2.24, 2.45) is 0 Å². The summed E-state index contributed by atoms with van der Waals surface area (Å²) in [5.74, 6) is 0.235. The maximum atomic E-state index is 9.82. The maximum absolute atomic E-state index is 9.82. The van der Waals surface area contributed by atoms with Crippen molar-refractivity contribution in [3.8, 4) is 5.75 Å². The van der Waals surface area contributed by atoms with Gasteiger partial charge in [0.1, 0.15) is 5.75 Å². The Labute approximate surface area is 125 Å². The SMILES string of the molecule is CCc1ccc(C(C)NCc2c(O)cccc2Cl)cc1. The quantitative estimate of drug-likeness (QED) is 0.852. The first-order chi connectivity index (χ1) is 9.61. The van der Waals surface area contributed by atoms with Gasteiger partial charge in [0, 0.05) is 23.2 Å². The van der Waals surface area contributed by atoms with Crippen molar-refractivity contribution in [2.45, 2.75) is 32.9 Å². The number of aromatic hydroxyl groups is 1. The number of hydrogen-bond acceptors (Lipinski definition) is 2. The topological polar surface area (TPSA) is 32.3 Å². The normalized spacial score (nSPS) is 12.3. The predicted molar refractivity (Wildman–Crippen MR) is 84.2 cm³/mol. The van der Waals surface area contributed by atoms with Gasteiger partial charge in [0.05, 0.1) is 0 Å². The second-order valence-electron chi connectivity index (χ2n) is 4.94. The second kappa shape index (κ2) is 6.78. The van der Waals surface area contributed by atoms with Crippen LogP contribution in [-0.4, -0.2) is 5.11 Å². The molecule has 0 radical (unpaired) electrons. The Morgan fingerprint density at radius 2 is 1.85 bits per heavy atom. The van der Waals surface area contributed by atoms with Gasteiger partial charge in [-0.05, 0) is 36.6 Å². The zero-order chi connectivity index (χ0) is 14.5. The highest BCUT2D eigenvalue weighted by molar-refractivity contribution is 6.31. The lowest BCUT2D eigenvalue weighted by atomic mass is 10.0. The fraction of sp³-hybridized carbons (Fsp3) is 0.294. The van der Waals surface area contributed by atoms with Gasteiger partial charge in [0.15, 0.2) is 0 Å². The number of hydrogen-bond donors (Lipinski definition) is 2. The minimum absolute atomic E-state index is 0.205. The molecule has 0 spiro atoms. The Bertz CT molecular complexity index is 545. The molecule has 0 aliphatic heterocycles. The molecule has 2 nitrogen and oxygen atoms in total. The molecule has 3 heteroatoms. The molecule has 0 aliphatic carbocycles. The Kier molecular flexibility index (Phi) is 5.05. The second-order valence-corrected chi connectivity index (χ2v) is 5.34. The van der Waals surface area contributed by atoms with Gasteiger partial charge in [-0.25, -0.2) is 0 Å². The Balaban J connectivity index is 2.02.